The molecule has 0 aromatic heterocycles. The summed E-state index contributed by atoms with van der Waals surface area (Å²) < 4.78 is 17.8. The Kier molecular flexibility index (Phi) is 3.67. The maximum Gasteiger partial charge on any atom is 0.296 e. The maximum absolute atomic E-state index is 6.23. The van der Waals surface area contributed by atoms with Crippen LogP contribution in [-0.4, -0.2) is 13.7 Å². The van der Waals surface area contributed by atoms with Gasteiger partial charge in [-0.1, -0.05) is 48.5 Å². The van der Waals surface area contributed by atoms with E-state index in [4.69, 9.17) is 14.2 Å². The van der Waals surface area contributed by atoms with E-state index >= 15 is 0 Å². The second-order valence-electron chi connectivity index (χ2n) is 4.77. The lowest BCUT2D eigenvalue weighted by Gasteiger charge is -2.38. The Hall–Kier alpha value is -2.26. The van der Waals surface area contributed by atoms with E-state index in [1.165, 1.54) is 0 Å². The molecule has 21 heavy (non-hydrogen) atoms. The van der Waals surface area contributed by atoms with Crippen molar-refractivity contribution in [1.29, 1.82) is 0 Å². The van der Waals surface area contributed by atoms with Crippen LogP contribution in [0.25, 0.3) is 6.08 Å². The summed E-state index contributed by atoms with van der Waals surface area (Å²) in [5, 5.41) is 0. The average Bonchev–Trinajstić information content (AvgIpc) is 2.55. The number of methoxy groups -OCH3 is 1. The molecule has 3 rings (SSSR count). The number of rotatable bonds is 4. The number of hydrogen-bond acceptors (Lipinski definition) is 3. The first-order valence-electron chi connectivity index (χ1n) is 7.04. The molecule has 0 bridgehead atoms. The zero-order chi connectivity index (χ0) is 14.7. The van der Waals surface area contributed by atoms with Crippen molar-refractivity contribution in [3.8, 4) is 5.75 Å². The molecular formula is C18H18O3. The summed E-state index contributed by atoms with van der Waals surface area (Å²) in [6.45, 7) is 2.46. The minimum Gasteiger partial charge on any atom is -0.494 e. The van der Waals surface area contributed by atoms with Gasteiger partial charge in [0.15, 0.2) is 5.76 Å². The summed E-state index contributed by atoms with van der Waals surface area (Å²) in [5.74, 6) is 0.406. The third-order valence-electron chi connectivity index (χ3n) is 3.51. The van der Waals surface area contributed by atoms with Crippen molar-refractivity contribution >= 4 is 6.08 Å². The third-order valence-corrected chi connectivity index (χ3v) is 3.51. The molecule has 0 saturated heterocycles. The predicted molar refractivity (Wildman–Crippen MR) is 81.8 cm³/mol. The van der Waals surface area contributed by atoms with Crippen LogP contribution in [0.2, 0.25) is 0 Å². The third kappa shape index (κ3) is 2.30. The van der Waals surface area contributed by atoms with Crippen LogP contribution in [0.1, 0.15) is 18.1 Å². The van der Waals surface area contributed by atoms with Crippen molar-refractivity contribution in [3.63, 3.8) is 0 Å². The van der Waals surface area contributed by atoms with E-state index in [1.54, 1.807) is 7.11 Å². The standard InChI is InChI=1S/C18H18O3/c1-3-20-18(15-10-5-4-6-11-15)17(19-2)13-14-9-7-8-12-16(14)21-18/h4-13H,3H2,1-2H3. The van der Waals surface area contributed by atoms with Gasteiger partial charge in [-0.3, -0.25) is 0 Å². The van der Waals surface area contributed by atoms with Gasteiger partial charge in [0, 0.05) is 17.7 Å². The van der Waals surface area contributed by atoms with E-state index < -0.39 is 5.79 Å². The molecule has 2 aromatic rings. The minimum atomic E-state index is -1.03. The van der Waals surface area contributed by atoms with Gasteiger partial charge in [-0.05, 0) is 19.1 Å². The zero-order valence-electron chi connectivity index (χ0n) is 12.2. The van der Waals surface area contributed by atoms with Gasteiger partial charge in [0.2, 0.25) is 0 Å². The molecule has 1 heterocycles. The highest BCUT2D eigenvalue weighted by molar-refractivity contribution is 5.63. The Labute approximate surface area is 124 Å². The Bertz CT molecular complexity index is 649. The molecular weight excluding hydrogens is 264 g/mol. The van der Waals surface area contributed by atoms with E-state index in [1.807, 2.05) is 67.6 Å². The topological polar surface area (TPSA) is 27.7 Å². The summed E-state index contributed by atoms with van der Waals surface area (Å²) >= 11 is 0. The van der Waals surface area contributed by atoms with E-state index in [0.717, 1.165) is 16.9 Å². The molecule has 0 aliphatic carbocycles. The molecule has 3 nitrogen and oxygen atoms in total. The molecule has 0 saturated carbocycles. The highest BCUT2D eigenvalue weighted by Crippen LogP contribution is 2.43. The van der Waals surface area contributed by atoms with Gasteiger partial charge in [-0.25, -0.2) is 0 Å². The Morgan fingerprint density at radius 2 is 1.71 bits per heavy atom. The number of para-hydroxylation sites is 1. The van der Waals surface area contributed by atoms with Crippen LogP contribution in [0.4, 0.5) is 0 Å². The van der Waals surface area contributed by atoms with Crippen LogP contribution >= 0.6 is 0 Å². The van der Waals surface area contributed by atoms with Gasteiger partial charge >= 0.3 is 0 Å². The smallest absolute Gasteiger partial charge is 0.296 e. The van der Waals surface area contributed by atoms with Crippen LogP contribution in [0, 0.1) is 0 Å². The van der Waals surface area contributed by atoms with Gasteiger partial charge in [-0.2, -0.15) is 0 Å². The normalized spacial score (nSPS) is 20.2. The van der Waals surface area contributed by atoms with Crippen molar-refractivity contribution in [2.75, 3.05) is 13.7 Å². The van der Waals surface area contributed by atoms with Gasteiger partial charge in [0.05, 0.1) is 7.11 Å². The average molecular weight is 282 g/mol. The lowest BCUT2D eigenvalue weighted by molar-refractivity contribution is -0.184. The second kappa shape index (κ2) is 5.62. The SMILES string of the molecule is CCOC1(c2ccccc2)Oc2ccccc2C=C1OC. The predicted octanol–water partition coefficient (Wildman–Crippen LogP) is 3.96. The van der Waals surface area contributed by atoms with E-state index in [2.05, 4.69) is 0 Å². The molecule has 1 unspecified atom stereocenters. The highest BCUT2D eigenvalue weighted by Gasteiger charge is 2.44. The fourth-order valence-corrected chi connectivity index (χ4v) is 2.57. The molecule has 0 fully saturated rings. The molecule has 0 spiro atoms. The highest BCUT2D eigenvalue weighted by atomic mass is 16.7. The largest absolute Gasteiger partial charge is 0.494 e. The monoisotopic (exact) mass is 282 g/mol. The van der Waals surface area contributed by atoms with Crippen molar-refractivity contribution in [1.82, 2.24) is 0 Å². The molecule has 0 N–H and O–H groups in total. The molecule has 1 atom stereocenters. The molecule has 2 aromatic carbocycles. The first kappa shape index (κ1) is 13.7. The van der Waals surface area contributed by atoms with Crippen LogP contribution in [0.15, 0.2) is 60.4 Å². The molecule has 108 valence electrons. The van der Waals surface area contributed by atoms with Crippen molar-refractivity contribution in [2.24, 2.45) is 0 Å². The molecule has 3 heteroatoms. The molecule has 1 aliphatic rings. The first-order valence-corrected chi connectivity index (χ1v) is 7.04. The van der Waals surface area contributed by atoms with Gasteiger partial charge in [0.25, 0.3) is 5.79 Å². The van der Waals surface area contributed by atoms with Crippen molar-refractivity contribution in [2.45, 2.75) is 12.7 Å². The lowest BCUT2D eigenvalue weighted by atomic mass is 9.98. The van der Waals surface area contributed by atoms with Crippen LogP contribution in [0.5, 0.6) is 5.75 Å². The summed E-state index contributed by atoms with van der Waals surface area (Å²) in [7, 11) is 1.64. The van der Waals surface area contributed by atoms with Gasteiger partial charge < -0.3 is 14.2 Å². The van der Waals surface area contributed by atoms with E-state index in [0.29, 0.717) is 12.4 Å². The molecule has 0 radical (unpaired) electrons. The van der Waals surface area contributed by atoms with Crippen LogP contribution in [-0.2, 0) is 15.3 Å². The maximum atomic E-state index is 6.23. The summed E-state index contributed by atoms with van der Waals surface area (Å²) in [6.07, 6.45) is 1.97. The first-order chi connectivity index (χ1) is 10.3. The Morgan fingerprint density at radius 1 is 1.00 bits per heavy atom. The van der Waals surface area contributed by atoms with Gasteiger partial charge in [0.1, 0.15) is 5.75 Å². The number of benzene rings is 2. The zero-order valence-corrected chi connectivity index (χ0v) is 12.2. The van der Waals surface area contributed by atoms with Crippen LogP contribution < -0.4 is 4.74 Å². The summed E-state index contributed by atoms with van der Waals surface area (Å²) in [6, 6.07) is 17.7. The van der Waals surface area contributed by atoms with Gasteiger partial charge in [-0.15, -0.1) is 0 Å². The summed E-state index contributed by atoms with van der Waals surface area (Å²) in [5.41, 5.74) is 1.90. The molecule has 1 aliphatic heterocycles. The van der Waals surface area contributed by atoms with Crippen molar-refractivity contribution < 1.29 is 14.2 Å². The Morgan fingerprint density at radius 3 is 2.43 bits per heavy atom. The van der Waals surface area contributed by atoms with E-state index in [9.17, 15) is 0 Å². The number of fused-ring (bicyclic) bond motifs is 1. The van der Waals surface area contributed by atoms with Crippen LogP contribution in [0.3, 0.4) is 0 Å². The minimum absolute atomic E-state index is 0.512. The number of ether oxygens (including phenoxy) is 3. The fourth-order valence-electron chi connectivity index (χ4n) is 2.57. The van der Waals surface area contributed by atoms with E-state index in [-0.39, 0.29) is 0 Å². The fraction of sp³-hybridized carbons (Fsp3) is 0.222. The quantitative estimate of drug-likeness (QED) is 0.849. The van der Waals surface area contributed by atoms with Crippen molar-refractivity contribution in [3.05, 3.63) is 71.5 Å². The molecule has 0 amide bonds. The summed E-state index contributed by atoms with van der Waals surface area (Å²) in [4.78, 5) is 0. The lowest BCUT2D eigenvalue weighted by Crippen LogP contribution is -2.41. The number of hydrogen-bond donors (Lipinski definition) is 0. The Balaban J connectivity index is 2.17. The second-order valence-corrected chi connectivity index (χ2v) is 4.77.